The number of aliphatic hydroxyl groups excluding tert-OH is 1. The predicted molar refractivity (Wildman–Crippen MR) is 59.3 cm³/mol. The van der Waals surface area contributed by atoms with E-state index in [1.807, 2.05) is 13.2 Å². The standard InChI is InChI=1S/C12H18N2O/c1-14-9-11(8-13-14)12(15)10-6-4-2-3-5-7-10/h6,8-9,12,15H,2-5,7H2,1H3. The Bertz CT molecular complexity index is 354. The van der Waals surface area contributed by atoms with Crippen LogP contribution in [0, 0.1) is 0 Å². The van der Waals surface area contributed by atoms with Crippen molar-refractivity contribution in [2.75, 3.05) is 0 Å². The number of hydrogen-bond donors (Lipinski definition) is 1. The minimum absolute atomic E-state index is 0.447. The molecule has 82 valence electrons. The average Bonchev–Trinajstić information content (AvgIpc) is 2.53. The van der Waals surface area contributed by atoms with Crippen molar-refractivity contribution in [2.45, 2.75) is 38.2 Å². The Labute approximate surface area is 90.4 Å². The summed E-state index contributed by atoms with van der Waals surface area (Å²) in [4.78, 5) is 0. The maximum absolute atomic E-state index is 10.2. The van der Waals surface area contributed by atoms with Crippen LogP contribution < -0.4 is 0 Å². The van der Waals surface area contributed by atoms with Crippen LogP contribution in [0.5, 0.6) is 0 Å². The van der Waals surface area contributed by atoms with Gasteiger partial charge in [-0.2, -0.15) is 5.10 Å². The van der Waals surface area contributed by atoms with Gasteiger partial charge < -0.3 is 5.11 Å². The summed E-state index contributed by atoms with van der Waals surface area (Å²) >= 11 is 0. The van der Waals surface area contributed by atoms with Crippen molar-refractivity contribution in [3.05, 3.63) is 29.6 Å². The molecule has 1 aromatic heterocycles. The molecule has 1 aliphatic rings. The van der Waals surface area contributed by atoms with Gasteiger partial charge in [0.1, 0.15) is 6.10 Å². The van der Waals surface area contributed by atoms with Crippen molar-refractivity contribution < 1.29 is 5.11 Å². The highest BCUT2D eigenvalue weighted by molar-refractivity contribution is 5.22. The maximum atomic E-state index is 10.2. The van der Waals surface area contributed by atoms with Gasteiger partial charge in [-0.25, -0.2) is 0 Å². The van der Waals surface area contributed by atoms with Crippen LogP contribution in [-0.2, 0) is 7.05 Å². The molecule has 1 aliphatic carbocycles. The van der Waals surface area contributed by atoms with Crippen molar-refractivity contribution in [1.82, 2.24) is 9.78 Å². The zero-order chi connectivity index (χ0) is 10.7. The highest BCUT2D eigenvalue weighted by atomic mass is 16.3. The first-order chi connectivity index (χ1) is 7.27. The number of rotatable bonds is 2. The van der Waals surface area contributed by atoms with E-state index in [1.54, 1.807) is 10.9 Å². The van der Waals surface area contributed by atoms with E-state index in [0.29, 0.717) is 0 Å². The molecule has 0 spiro atoms. The number of allylic oxidation sites excluding steroid dienone is 1. The molecule has 0 amide bonds. The lowest BCUT2D eigenvalue weighted by molar-refractivity contribution is 0.210. The molecule has 0 saturated heterocycles. The summed E-state index contributed by atoms with van der Waals surface area (Å²) in [5, 5.41) is 14.2. The van der Waals surface area contributed by atoms with Gasteiger partial charge in [-0.05, 0) is 31.3 Å². The van der Waals surface area contributed by atoms with E-state index in [-0.39, 0.29) is 0 Å². The van der Waals surface area contributed by atoms with E-state index >= 15 is 0 Å². The van der Waals surface area contributed by atoms with E-state index in [9.17, 15) is 5.11 Å². The molecular formula is C12H18N2O. The van der Waals surface area contributed by atoms with Gasteiger partial charge in [-0.1, -0.05) is 12.5 Å². The van der Waals surface area contributed by atoms with Crippen LogP contribution in [-0.4, -0.2) is 14.9 Å². The van der Waals surface area contributed by atoms with E-state index in [1.165, 1.54) is 24.8 Å². The van der Waals surface area contributed by atoms with Crippen molar-refractivity contribution in [2.24, 2.45) is 7.05 Å². The summed E-state index contributed by atoms with van der Waals surface area (Å²) in [5.74, 6) is 0. The summed E-state index contributed by atoms with van der Waals surface area (Å²) in [7, 11) is 1.87. The zero-order valence-corrected chi connectivity index (χ0v) is 9.19. The van der Waals surface area contributed by atoms with Crippen molar-refractivity contribution in [3.63, 3.8) is 0 Å². The molecule has 1 N–H and O–H groups in total. The van der Waals surface area contributed by atoms with Crippen LogP contribution in [0.15, 0.2) is 24.0 Å². The van der Waals surface area contributed by atoms with Gasteiger partial charge in [0.25, 0.3) is 0 Å². The van der Waals surface area contributed by atoms with Gasteiger partial charge in [0.2, 0.25) is 0 Å². The molecule has 0 radical (unpaired) electrons. The molecule has 0 aliphatic heterocycles. The zero-order valence-electron chi connectivity index (χ0n) is 9.19. The van der Waals surface area contributed by atoms with Gasteiger partial charge in [0, 0.05) is 18.8 Å². The Balaban J connectivity index is 2.12. The number of aryl methyl sites for hydroxylation is 1. The van der Waals surface area contributed by atoms with E-state index in [4.69, 9.17) is 0 Å². The second-order valence-corrected chi connectivity index (χ2v) is 4.23. The molecule has 0 aromatic carbocycles. The van der Waals surface area contributed by atoms with Crippen molar-refractivity contribution in [3.8, 4) is 0 Å². The summed E-state index contributed by atoms with van der Waals surface area (Å²) in [6.45, 7) is 0. The van der Waals surface area contributed by atoms with Gasteiger partial charge in [0.05, 0.1) is 6.20 Å². The summed E-state index contributed by atoms with van der Waals surface area (Å²) in [6, 6.07) is 0. The highest BCUT2D eigenvalue weighted by Gasteiger charge is 2.15. The SMILES string of the molecule is Cn1cc(C(O)C2=CCCCCC2)cn1. The third kappa shape index (κ3) is 2.48. The van der Waals surface area contributed by atoms with Crippen LogP contribution in [0.3, 0.4) is 0 Å². The molecule has 0 saturated carbocycles. The Morgan fingerprint density at radius 2 is 2.27 bits per heavy atom. The largest absolute Gasteiger partial charge is 0.384 e. The predicted octanol–water partition coefficient (Wildman–Crippen LogP) is 2.34. The first kappa shape index (κ1) is 10.4. The number of aliphatic hydroxyl groups is 1. The minimum atomic E-state index is -0.447. The van der Waals surface area contributed by atoms with E-state index in [2.05, 4.69) is 11.2 Å². The van der Waals surface area contributed by atoms with E-state index < -0.39 is 6.10 Å². The van der Waals surface area contributed by atoms with E-state index in [0.717, 1.165) is 18.4 Å². The summed E-state index contributed by atoms with van der Waals surface area (Å²) in [6.07, 6.45) is 11.2. The van der Waals surface area contributed by atoms with Crippen LogP contribution in [0.1, 0.15) is 43.8 Å². The second kappa shape index (κ2) is 4.62. The van der Waals surface area contributed by atoms with Crippen LogP contribution in [0.4, 0.5) is 0 Å². The quantitative estimate of drug-likeness (QED) is 0.754. The molecule has 0 bridgehead atoms. The average molecular weight is 206 g/mol. The normalized spacial score (nSPS) is 19.5. The first-order valence-electron chi connectivity index (χ1n) is 5.63. The van der Waals surface area contributed by atoms with Crippen LogP contribution in [0.2, 0.25) is 0 Å². The molecule has 3 nitrogen and oxygen atoms in total. The second-order valence-electron chi connectivity index (χ2n) is 4.23. The Hall–Kier alpha value is -1.09. The summed E-state index contributed by atoms with van der Waals surface area (Å²) < 4.78 is 1.73. The smallest absolute Gasteiger partial charge is 0.103 e. The van der Waals surface area contributed by atoms with Gasteiger partial charge in [-0.3, -0.25) is 4.68 Å². The molecular weight excluding hydrogens is 188 g/mol. The molecule has 1 unspecified atom stereocenters. The van der Waals surface area contributed by atoms with Gasteiger partial charge in [0.15, 0.2) is 0 Å². The van der Waals surface area contributed by atoms with Crippen LogP contribution in [0.25, 0.3) is 0 Å². The summed E-state index contributed by atoms with van der Waals surface area (Å²) in [5.41, 5.74) is 2.08. The molecule has 1 atom stereocenters. The topological polar surface area (TPSA) is 38.0 Å². The molecule has 1 heterocycles. The molecule has 0 fully saturated rings. The fraction of sp³-hybridized carbons (Fsp3) is 0.583. The monoisotopic (exact) mass is 206 g/mol. The third-order valence-corrected chi connectivity index (χ3v) is 2.97. The molecule has 2 rings (SSSR count). The Kier molecular flexibility index (Phi) is 3.21. The van der Waals surface area contributed by atoms with Crippen molar-refractivity contribution in [1.29, 1.82) is 0 Å². The lowest BCUT2D eigenvalue weighted by Crippen LogP contribution is -2.00. The Morgan fingerprint density at radius 1 is 1.40 bits per heavy atom. The lowest BCUT2D eigenvalue weighted by atomic mass is 10.0. The third-order valence-electron chi connectivity index (χ3n) is 2.97. The highest BCUT2D eigenvalue weighted by Crippen LogP contribution is 2.28. The maximum Gasteiger partial charge on any atom is 0.103 e. The molecule has 3 heteroatoms. The first-order valence-corrected chi connectivity index (χ1v) is 5.63. The minimum Gasteiger partial charge on any atom is -0.384 e. The molecule has 1 aromatic rings. The fourth-order valence-corrected chi connectivity index (χ4v) is 2.08. The number of aromatic nitrogens is 2. The van der Waals surface area contributed by atoms with Gasteiger partial charge in [-0.15, -0.1) is 0 Å². The fourth-order valence-electron chi connectivity index (χ4n) is 2.08. The lowest BCUT2D eigenvalue weighted by Gasteiger charge is -2.11. The van der Waals surface area contributed by atoms with Gasteiger partial charge >= 0.3 is 0 Å². The molecule has 15 heavy (non-hydrogen) atoms. The number of hydrogen-bond acceptors (Lipinski definition) is 2. The Morgan fingerprint density at radius 3 is 3.00 bits per heavy atom. The number of nitrogens with zero attached hydrogens (tertiary/aromatic N) is 2. The van der Waals surface area contributed by atoms with Crippen LogP contribution >= 0.6 is 0 Å². The van der Waals surface area contributed by atoms with Crippen molar-refractivity contribution >= 4 is 0 Å².